The largest absolute Gasteiger partial charge is 0.491 e. The zero-order valence-corrected chi connectivity index (χ0v) is 19.6. The maximum atomic E-state index is 11.8. The molecule has 0 unspecified atom stereocenters. The molecule has 0 radical (unpaired) electrons. The van der Waals surface area contributed by atoms with Gasteiger partial charge in [-0.25, -0.2) is 0 Å². The molecule has 5 heteroatoms. The first-order valence-electron chi connectivity index (χ1n) is 11.8. The number of carbonyl (C=O) groups excluding carboxylic acids is 1. The molecule has 1 N–H and O–H groups in total. The fraction of sp³-hybridized carbons (Fsp3) is 0.276. The van der Waals surface area contributed by atoms with Gasteiger partial charge in [-0.15, -0.1) is 0 Å². The molecule has 0 aliphatic carbocycles. The topological polar surface area (TPSA) is 60.7 Å². The lowest BCUT2D eigenvalue weighted by Gasteiger charge is -2.09. The molecule has 1 aromatic heterocycles. The number of aromatic nitrogens is 1. The van der Waals surface area contributed by atoms with Gasteiger partial charge in [-0.3, -0.25) is 4.79 Å². The molecule has 1 heterocycles. The van der Waals surface area contributed by atoms with Crippen molar-refractivity contribution in [3.05, 3.63) is 95.7 Å². The second-order valence-corrected chi connectivity index (χ2v) is 8.23. The van der Waals surface area contributed by atoms with Gasteiger partial charge in [-0.05, 0) is 79.3 Å². The Morgan fingerprint density at radius 3 is 2.44 bits per heavy atom. The minimum Gasteiger partial charge on any atom is -0.491 e. The molecule has 0 fully saturated rings. The maximum absolute atomic E-state index is 11.8. The van der Waals surface area contributed by atoms with Crippen LogP contribution in [-0.4, -0.2) is 35.5 Å². The van der Waals surface area contributed by atoms with E-state index in [1.165, 1.54) is 16.5 Å². The maximum Gasteiger partial charge on any atom is 0.306 e. The van der Waals surface area contributed by atoms with Crippen LogP contribution in [0.25, 0.3) is 16.6 Å². The van der Waals surface area contributed by atoms with Crippen molar-refractivity contribution in [1.82, 2.24) is 4.57 Å². The standard InChI is InChI=1S/C29H31NO4/c1-2-33-29(32)17-10-23-9-16-28-27(20-23)24(11-8-22-6-4-3-5-7-22)21-30(28)25-12-14-26(15-13-25)34-19-18-31/h3-7,9,12-16,20-21,31H,2,8,10-11,17-19H2,1H3. The number of hydrogen-bond acceptors (Lipinski definition) is 4. The summed E-state index contributed by atoms with van der Waals surface area (Å²) in [5, 5.41) is 10.2. The molecule has 0 aliphatic rings. The van der Waals surface area contributed by atoms with E-state index in [0.29, 0.717) is 19.4 Å². The van der Waals surface area contributed by atoms with Gasteiger partial charge in [0.1, 0.15) is 12.4 Å². The Labute approximate surface area is 200 Å². The Kier molecular flexibility index (Phi) is 7.99. The molecule has 4 rings (SSSR count). The van der Waals surface area contributed by atoms with Crippen LogP contribution in [0.1, 0.15) is 30.0 Å². The molecule has 5 nitrogen and oxygen atoms in total. The number of benzene rings is 3. The van der Waals surface area contributed by atoms with Crippen LogP contribution < -0.4 is 4.74 Å². The fourth-order valence-electron chi connectivity index (χ4n) is 4.18. The second-order valence-electron chi connectivity index (χ2n) is 8.23. The highest BCUT2D eigenvalue weighted by Gasteiger charge is 2.12. The molecule has 176 valence electrons. The lowest BCUT2D eigenvalue weighted by molar-refractivity contribution is -0.143. The van der Waals surface area contributed by atoms with Crippen LogP contribution in [-0.2, 0) is 28.8 Å². The van der Waals surface area contributed by atoms with Crippen LogP contribution in [0.15, 0.2) is 79.0 Å². The van der Waals surface area contributed by atoms with Gasteiger partial charge in [0.05, 0.1) is 18.7 Å². The van der Waals surface area contributed by atoms with Gasteiger partial charge in [0.2, 0.25) is 0 Å². The lowest BCUT2D eigenvalue weighted by atomic mass is 10.0. The van der Waals surface area contributed by atoms with Crippen molar-refractivity contribution in [2.75, 3.05) is 19.8 Å². The molecule has 34 heavy (non-hydrogen) atoms. The molecule has 0 atom stereocenters. The summed E-state index contributed by atoms with van der Waals surface area (Å²) in [4.78, 5) is 11.8. The summed E-state index contributed by atoms with van der Waals surface area (Å²) >= 11 is 0. The van der Waals surface area contributed by atoms with Gasteiger partial charge < -0.3 is 19.1 Å². The van der Waals surface area contributed by atoms with Crippen LogP contribution in [0.4, 0.5) is 0 Å². The average molecular weight is 458 g/mol. The van der Waals surface area contributed by atoms with Gasteiger partial charge in [0.15, 0.2) is 0 Å². The van der Waals surface area contributed by atoms with E-state index in [0.717, 1.165) is 35.4 Å². The Morgan fingerprint density at radius 2 is 1.71 bits per heavy atom. The third-order valence-corrected chi connectivity index (χ3v) is 5.88. The van der Waals surface area contributed by atoms with E-state index < -0.39 is 0 Å². The van der Waals surface area contributed by atoms with Crippen molar-refractivity contribution >= 4 is 16.9 Å². The monoisotopic (exact) mass is 457 g/mol. The molecule has 0 bridgehead atoms. The number of carbonyl (C=O) groups is 1. The Hall–Kier alpha value is -3.57. The first-order valence-corrected chi connectivity index (χ1v) is 11.8. The molecule has 0 saturated carbocycles. The van der Waals surface area contributed by atoms with Gasteiger partial charge >= 0.3 is 5.97 Å². The number of rotatable bonds is 11. The first-order chi connectivity index (χ1) is 16.7. The molecule has 4 aromatic rings. The van der Waals surface area contributed by atoms with E-state index in [4.69, 9.17) is 14.6 Å². The summed E-state index contributed by atoms with van der Waals surface area (Å²) < 4.78 is 12.8. The van der Waals surface area contributed by atoms with Gasteiger partial charge in [-0.2, -0.15) is 0 Å². The predicted octanol–water partition coefficient (Wildman–Crippen LogP) is 5.28. The van der Waals surface area contributed by atoms with Crippen molar-refractivity contribution in [2.45, 2.75) is 32.6 Å². The van der Waals surface area contributed by atoms with Crippen molar-refractivity contribution in [3.63, 3.8) is 0 Å². The number of nitrogens with zero attached hydrogens (tertiary/aromatic N) is 1. The van der Waals surface area contributed by atoms with E-state index >= 15 is 0 Å². The van der Waals surface area contributed by atoms with Crippen molar-refractivity contribution in [1.29, 1.82) is 0 Å². The van der Waals surface area contributed by atoms with E-state index in [2.05, 4.69) is 53.2 Å². The molecule has 0 saturated heterocycles. The van der Waals surface area contributed by atoms with E-state index in [9.17, 15) is 4.79 Å². The summed E-state index contributed by atoms with van der Waals surface area (Å²) in [5.74, 6) is 0.577. The molecule has 0 aliphatic heterocycles. The second kappa shape index (κ2) is 11.5. The molecule has 0 amide bonds. The predicted molar refractivity (Wildman–Crippen MR) is 135 cm³/mol. The van der Waals surface area contributed by atoms with E-state index in [-0.39, 0.29) is 19.2 Å². The zero-order valence-electron chi connectivity index (χ0n) is 19.6. The number of hydrogen-bond donors (Lipinski definition) is 1. The minimum absolute atomic E-state index is 0.00668. The van der Waals surface area contributed by atoms with Crippen LogP contribution in [0, 0.1) is 0 Å². The number of ether oxygens (including phenoxy) is 2. The smallest absolute Gasteiger partial charge is 0.306 e. The highest BCUT2D eigenvalue weighted by atomic mass is 16.5. The normalized spacial score (nSPS) is 11.0. The highest BCUT2D eigenvalue weighted by Crippen LogP contribution is 2.28. The number of fused-ring (bicyclic) bond motifs is 1. The van der Waals surface area contributed by atoms with Crippen LogP contribution in [0.3, 0.4) is 0 Å². The average Bonchev–Trinajstić information content (AvgIpc) is 3.24. The number of esters is 1. The van der Waals surface area contributed by atoms with Crippen molar-refractivity contribution in [3.8, 4) is 11.4 Å². The number of aliphatic hydroxyl groups is 1. The summed E-state index contributed by atoms with van der Waals surface area (Å²) in [6, 6.07) is 24.9. The summed E-state index contributed by atoms with van der Waals surface area (Å²) in [5.41, 5.74) is 5.90. The summed E-state index contributed by atoms with van der Waals surface area (Å²) in [7, 11) is 0. The molecular formula is C29H31NO4. The fourth-order valence-corrected chi connectivity index (χ4v) is 4.18. The third kappa shape index (κ3) is 5.86. The Morgan fingerprint density at radius 1 is 0.912 bits per heavy atom. The summed E-state index contributed by atoms with van der Waals surface area (Å²) in [6.45, 7) is 2.52. The van der Waals surface area contributed by atoms with Crippen LogP contribution >= 0.6 is 0 Å². The zero-order chi connectivity index (χ0) is 23.8. The van der Waals surface area contributed by atoms with Crippen LogP contribution in [0.2, 0.25) is 0 Å². The first kappa shape index (κ1) is 23.6. The Bertz CT molecular complexity index is 1210. The number of aryl methyl sites for hydroxylation is 3. The third-order valence-electron chi connectivity index (χ3n) is 5.88. The van der Waals surface area contributed by atoms with Crippen molar-refractivity contribution in [2.24, 2.45) is 0 Å². The van der Waals surface area contributed by atoms with Crippen molar-refractivity contribution < 1.29 is 19.4 Å². The minimum atomic E-state index is -0.159. The summed E-state index contributed by atoms with van der Waals surface area (Å²) in [6.07, 6.45) is 5.14. The van der Waals surface area contributed by atoms with Gasteiger partial charge in [-0.1, -0.05) is 36.4 Å². The SMILES string of the molecule is CCOC(=O)CCc1ccc2c(c1)c(CCc1ccccc1)cn2-c1ccc(OCCO)cc1. The molecule has 3 aromatic carbocycles. The molecule has 0 spiro atoms. The lowest BCUT2D eigenvalue weighted by Crippen LogP contribution is -2.05. The molecular weight excluding hydrogens is 426 g/mol. The number of aliphatic hydroxyl groups excluding tert-OH is 1. The van der Waals surface area contributed by atoms with Gasteiger partial charge in [0, 0.05) is 23.7 Å². The Balaban J connectivity index is 1.64. The van der Waals surface area contributed by atoms with Gasteiger partial charge in [0.25, 0.3) is 0 Å². The van der Waals surface area contributed by atoms with Crippen LogP contribution in [0.5, 0.6) is 5.75 Å². The van der Waals surface area contributed by atoms with E-state index in [1.54, 1.807) is 0 Å². The quantitative estimate of drug-likeness (QED) is 0.311. The van der Waals surface area contributed by atoms with E-state index in [1.807, 2.05) is 37.3 Å². The highest BCUT2D eigenvalue weighted by molar-refractivity contribution is 5.86.